The summed E-state index contributed by atoms with van der Waals surface area (Å²) in [6.07, 6.45) is 1.04. The molecule has 0 fully saturated rings. The van der Waals surface area contributed by atoms with Crippen LogP contribution in [0.2, 0.25) is 0 Å². The molecule has 1 unspecified atom stereocenters. The van der Waals surface area contributed by atoms with E-state index in [1.54, 1.807) is 0 Å². The number of benzene rings is 1. The maximum atomic E-state index is 11.5. The summed E-state index contributed by atoms with van der Waals surface area (Å²) in [6, 6.07) is 5.68. The van der Waals surface area contributed by atoms with Gasteiger partial charge in [-0.25, -0.2) is 8.42 Å². The zero-order valence-corrected chi connectivity index (χ0v) is 11.8. The van der Waals surface area contributed by atoms with Gasteiger partial charge in [0.15, 0.2) is 0 Å². The average molecular weight is 320 g/mol. The van der Waals surface area contributed by atoms with Crippen molar-refractivity contribution in [3.63, 3.8) is 0 Å². The van der Waals surface area contributed by atoms with Crippen LogP contribution in [0, 0.1) is 0 Å². The molecule has 0 saturated carbocycles. The first-order valence-corrected chi connectivity index (χ1v) is 7.93. The minimum absolute atomic E-state index is 0.127. The van der Waals surface area contributed by atoms with E-state index in [1.165, 1.54) is 10.6 Å². The summed E-state index contributed by atoms with van der Waals surface area (Å²) in [6.45, 7) is 0.548. The molecule has 17 heavy (non-hydrogen) atoms. The first-order valence-electron chi connectivity index (χ1n) is 5.29. The molecule has 1 heterocycles. The lowest BCUT2D eigenvalue weighted by atomic mass is 10.0. The van der Waals surface area contributed by atoms with Crippen LogP contribution in [-0.4, -0.2) is 37.2 Å². The highest BCUT2D eigenvalue weighted by atomic mass is 79.9. The highest BCUT2D eigenvalue weighted by Gasteiger charge is 2.26. The van der Waals surface area contributed by atoms with Crippen molar-refractivity contribution in [1.29, 1.82) is 0 Å². The molecule has 4 nitrogen and oxygen atoms in total. The predicted octanol–water partition coefficient (Wildman–Crippen LogP) is 1.30. The molecule has 0 spiro atoms. The molecule has 0 bridgehead atoms. The summed E-state index contributed by atoms with van der Waals surface area (Å²) >= 11 is 3.36. The van der Waals surface area contributed by atoms with Gasteiger partial charge in [-0.3, -0.25) is 0 Å². The Balaban J connectivity index is 2.36. The van der Waals surface area contributed by atoms with Crippen LogP contribution in [-0.2, 0) is 16.4 Å². The van der Waals surface area contributed by atoms with Crippen LogP contribution in [0.3, 0.4) is 0 Å². The van der Waals surface area contributed by atoms with Crippen LogP contribution >= 0.6 is 15.9 Å². The maximum Gasteiger partial charge on any atom is 0.211 e. The summed E-state index contributed by atoms with van der Waals surface area (Å²) in [7, 11) is -3.25. The number of hydrogen-bond donors (Lipinski definition) is 1. The molecule has 1 aromatic rings. The van der Waals surface area contributed by atoms with Gasteiger partial charge in [0.05, 0.1) is 12.4 Å². The van der Waals surface area contributed by atoms with E-state index in [1.807, 2.05) is 18.2 Å². The zero-order chi connectivity index (χ0) is 12.6. The van der Waals surface area contributed by atoms with Crippen molar-refractivity contribution >= 4 is 26.0 Å². The summed E-state index contributed by atoms with van der Waals surface area (Å²) in [5.74, 6) is 0. The second kappa shape index (κ2) is 4.68. The Labute approximate surface area is 109 Å². The maximum absolute atomic E-state index is 11.5. The number of halogens is 1. The van der Waals surface area contributed by atoms with Crippen molar-refractivity contribution in [3.8, 4) is 0 Å². The SMILES string of the molecule is CS(=O)(=O)N1CCc2ccc(Br)cc2C(O)C1. The number of β-amino-alcohol motifs (C(OH)–C–C–N with tert-alkyl or cyclic N) is 1. The van der Waals surface area contributed by atoms with Crippen LogP contribution in [0.4, 0.5) is 0 Å². The first kappa shape index (κ1) is 13.0. The largest absolute Gasteiger partial charge is 0.387 e. The molecule has 0 saturated heterocycles. The second-order valence-electron chi connectivity index (χ2n) is 4.23. The molecule has 1 atom stereocenters. The molecule has 1 aliphatic heterocycles. The number of aliphatic hydroxyl groups excluding tert-OH is 1. The molecule has 1 N–H and O–H groups in total. The third-order valence-corrected chi connectivity index (χ3v) is 4.71. The highest BCUT2D eigenvalue weighted by Crippen LogP contribution is 2.27. The molecule has 2 rings (SSSR count). The number of aliphatic hydroxyl groups is 1. The smallest absolute Gasteiger partial charge is 0.211 e. The van der Waals surface area contributed by atoms with E-state index in [-0.39, 0.29) is 6.54 Å². The Morgan fingerprint density at radius 1 is 1.47 bits per heavy atom. The van der Waals surface area contributed by atoms with E-state index < -0.39 is 16.1 Å². The number of fused-ring (bicyclic) bond motifs is 1. The Morgan fingerprint density at radius 3 is 2.82 bits per heavy atom. The zero-order valence-electron chi connectivity index (χ0n) is 9.43. The Hall–Kier alpha value is -0.430. The topological polar surface area (TPSA) is 57.6 Å². The van der Waals surface area contributed by atoms with E-state index in [0.717, 1.165) is 15.6 Å². The molecular weight excluding hydrogens is 306 g/mol. The van der Waals surface area contributed by atoms with Crippen LogP contribution in [0.25, 0.3) is 0 Å². The van der Waals surface area contributed by atoms with Crippen LogP contribution < -0.4 is 0 Å². The van der Waals surface area contributed by atoms with Crippen molar-refractivity contribution in [2.45, 2.75) is 12.5 Å². The highest BCUT2D eigenvalue weighted by molar-refractivity contribution is 9.10. The van der Waals surface area contributed by atoms with Crippen molar-refractivity contribution in [1.82, 2.24) is 4.31 Å². The van der Waals surface area contributed by atoms with Gasteiger partial charge in [0.2, 0.25) is 10.0 Å². The molecular formula is C11H14BrNO3S. The van der Waals surface area contributed by atoms with Gasteiger partial charge < -0.3 is 5.11 Å². The normalized spacial score (nSPS) is 21.9. The molecule has 94 valence electrons. The summed E-state index contributed by atoms with van der Waals surface area (Å²) < 4.78 is 25.2. The van der Waals surface area contributed by atoms with Crippen molar-refractivity contribution in [2.75, 3.05) is 19.3 Å². The van der Waals surface area contributed by atoms with Gasteiger partial charge in [-0.1, -0.05) is 22.0 Å². The average Bonchev–Trinajstić information content (AvgIpc) is 2.38. The molecule has 6 heteroatoms. The van der Waals surface area contributed by atoms with E-state index in [4.69, 9.17) is 0 Å². The lowest BCUT2D eigenvalue weighted by Crippen LogP contribution is -2.33. The van der Waals surface area contributed by atoms with Crippen LogP contribution in [0.5, 0.6) is 0 Å². The van der Waals surface area contributed by atoms with Gasteiger partial charge in [0.1, 0.15) is 0 Å². The van der Waals surface area contributed by atoms with Gasteiger partial charge >= 0.3 is 0 Å². The van der Waals surface area contributed by atoms with E-state index in [0.29, 0.717) is 13.0 Å². The molecule has 1 aromatic carbocycles. The van der Waals surface area contributed by atoms with Gasteiger partial charge in [-0.05, 0) is 29.7 Å². The third-order valence-electron chi connectivity index (χ3n) is 2.94. The number of sulfonamides is 1. The van der Waals surface area contributed by atoms with Crippen molar-refractivity contribution in [2.24, 2.45) is 0 Å². The first-order chi connectivity index (χ1) is 7.88. The van der Waals surface area contributed by atoms with Crippen LogP contribution in [0.15, 0.2) is 22.7 Å². The minimum Gasteiger partial charge on any atom is -0.387 e. The fraction of sp³-hybridized carbons (Fsp3) is 0.455. The number of nitrogens with zero attached hydrogens (tertiary/aromatic N) is 1. The molecule has 0 aromatic heterocycles. The monoisotopic (exact) mass is 319 g/mol. The fourth-order valence-electron chi connectivity index (χ4n) is 2.03. The number of rotatable bonds is 1. The Kier molecular flexibility index (Phi) is 3.58. The summed E-state index contributed by atoms with van der Waals surface area (Å²) in [5, 5.41) is 10.1. The van der Waals surface area contributed by atoms with Gasteiger partial charge in [0.25, 0.3) is 0 Å². The molecule has 0 aliphatic carbocycles. The van der Waals surface area contributed by atoms with Crippen molar-refractivity contribution < 1.29 is 13.5 Å². The van der Waals surface area contributed by atoms with Gasteiger partial charge in [-0.15, -0.1) is 0 Å². The van der Waals surface area contributed by atoms with E-state index in [9.17, 15) is 13.5 Å². The van der Waals surface area contributed by atoms with Crippen LogP contribution in [0.1, 0.15) is 17.2 Å². The van der Waals surface area contributed by atoms with E-state index >= 15 is 0 Å². The molecule has 0 radical (unpaired) electrons. The van der Waals surface area contributed by atoms with Crippen molar-refractivity contribution in [3.05, 3.63) is 33.8 Å². The predicted molar refractivity (Wildman–Crippen MR) is 69.2 cm³/mol. The third kappa shape index (κ3) is 2.88. The Bertz CT molecular complexity index is 530. The fourth-order valence-corrected chi connectivity index (χ4v) is 3.25. The lowest BCUT2D eigenvalue weighted by molar-refractivity contribution is 0.153. The summed E-state index contributed by atoms with van der Waals surface area (Å²) in [4.78, 5) is 0. The number of hydrogen-bond acceptors (Lipinski definition) is 3. The van der Waals surface area contributed by atoms with E-state index in [2.05, 4.69) is 15.9 Å². The second-order valence-corrected chi connectivity index (χ2v) is 7.13. The standard InChI is InChI=1S/C11H14BrNO3S/c1-17(15,16)13-5-4-8-2-3-9(12)6-10(8)11(14)7-13/h2-3,6,11,14H,4-5,7H2,1H3. The minimum atomic E-state index is -3.25. The quantitative estimate of drug-likeness (QED) is 0.849. The lowest BCUT2D eigenvalue weighted by Gasteiger charge is -2.19. The molecule has 0 amide bonds. The van der Waals surface area contributed by atoms with Gasteiger partial charge in [0, 0.05) is 17.6 Å². The molecule has 1 aliphatic rings. The Morgan fingerprint density at radius 2 is 2.18 bits per heavy atom. The summed E-state index contributed by atoms with van der Waals surface area (Å²) in [5.41, 5.74) is 1.82. The van der Waals surface area contributed by atoms with Gasteiger partial charge in [-0.2, -0.15) is 4.31 Å².